The Hall–Kier alpha value is -0.969. The Kier molecular flexibility index (Phi) is 13.4. The number of hydrogen-bond acceptors (Lipinski definition) is 6. The molecule has 12 heteroatoms. The minimum absolute atomic E-state index is 0.667. The largest absolute Gasteiger partial charge is 0.436 e. The smallest absolute Gasteiger partial charge is 0.314 e. The van der Waals surface area contributed by atoms with E-state index in [-0.39, 0.29) is 0 Å². The topological polar surface area (TPSA) is 69.9 Å². The Morgan fingerprint density at radius 3 is 1.40 bits per heavy atom. The van der Waals surface area contributed by atoms with E-state index in [0.717, 1.165) is 11.1 Å². The molecule has 0 atom stereocenters. The van der Waals surface area contributed by atoms with Crippen LogP contribution in [0, 0.1) is 11.3 Å². The zero-order valence-corrected chi connectivity index (χ0v) is 35.1. The Bertz CT molecular complexity index is 1210. The lowest BCUT2D eigenvalue weighted by Gasteiger charge is -2.43. The molecule has 2 rings (SSSR count). The molecule has 0 aliphatic carbocycles. The van der Waals surface area contributed by atoms with E-state index in [1.165, 1.54) is 36.9 Å². The van der Waals surface area contributed by atoms with Gasteiger partial charge >= 0.3 is 34.2 Å². The van der Waals surface area contributed by atoms with Gasteiger partial charge in [0.2, 0.25) is 8.32 Å². The van der Waals surface area contributed by atoms with E-state index in [2.05, 4.69) is 116 Å². The first kappa shape index (κ1) is 38.2. The van der Waals surface area contributed by atoms with E-state index in [0.29, 0.717) is 5.56 Å². The summed E-state index contributed by atoms with van der Waals surface area (Å²) in [5, 5.41) is 10.3. The third kappa shape index (κ3) is 13.5. The number of nitriles is 1. The van der Waals surface area contributed by atoms with Gasteiger partial charge < -0.3 is 20.6 Å². The molecule has 0 aliphatic heterocycles. The molecular formula is C31H57NO5Si6. The van der Waals surface area contributed by atoms with Crippen molar-refractivity contribution in [2.75, 3.05) is 0 Å². The summed E-state index contributed by atoms with van der Waals surface area (Å²) in [6.07, 6.45) is 5.07. The van der Waals surface area contributed by atoms with E-state index >= 15 is 0 Å². The van der Waals surface area contributed by atoms with E-state index in [1.54, 1.807) is 0 Å². The summed E-state index contributed by atoms with van der Waals surface area (Å²) in [6, 6.07) is 19.7. The van der Waals surface area contributed by atoms with Gasteiger partial charge in [-0.15, -0.1) is 0 Å². The monoisotopic (exact) mass is 691 g/mol. The number of nitrogens with zero attached hydrogens (tertiary/aromatic N) is 1. The molecule has 0 unspecified atom stereocenters. The van der Waals surface area contributed by atoms with Crippen molar-refractivity contribution in [3.8, 4) is 17.2 Å². The second kappa shape index (κ2) is 15.1. The predicted octanol–water partition coefficient (Wildman–Crippen LogP) is 9.31. The van der Waals surface area contributed by atoms with Gasteiger partial charge in [0.05, 0.1) is 11.6 Å². The van der Waals surface area contributed by atoms with Crippen LogP contribution >= 0.6 is 0 Å². The summed E-state index contributed by atoms with van der Waals surface area (Å²) in [5.74, 6) is 0. The highest BCUT2D eigenvalue weighted by molar-refractivity contribution is 6.94. The molecule has 0 aliphatic rings. The summed E-state index contributed by atoms with van der Waals surface area (Å²) >= 11 is 0. The van der Waals surface area contributed by atoms with Gasteiger partial charge in [0.15, 0.2) is 8.32 Å². The summed E-state index contributed by atoms with van der Waals surface area (Å²) in [7, 11) is -14.1. The van der Waals surface area contributed by atoms with E-state index in [9.17, 15) is 0 Å². The molecule has 2 aromatic carbocycles. The Balaban J connectivity index is 2.03. The Morgan fingerprint density at radius 2 is 0.953 bits per heavy atom. The third-order valence-corrected chi connectivity index (χ3v) is 30.3. The molecule has 6 nitrogen and oxygen atoms in total. The van der Waals surface area contributed by atoms with Gasteiger partial charge in [-0.1, -0.05) is 69.0 Å². The number of rotatable bonds is 17. The second-order valence-electron chi connectivity index (χ2n) is 14.5. The van der Waals surface area contributed by atoms with E-state index in [4.69, 9.17) is 25.8 Å². The highest BCUT2D eigenvalue weighted by Crippen LogP contribution is 2.29. The summed E-state index contributed by atoms with van der Waals surface area (Å²) < 4.78 is 34.0. The quantitative estimate of drug-likeness (QED) is 0.122. The van der Waals surface area contributed by atoms with Crippen LogP contribution < -0.4 is 5.19 Å². The van der Waals surface area contributed by atoms with Crippen LogP contribution in [0.2, 0.25) is 84.6 Å². The molecule has 0 N–H and O–H groups in total. The van der Waals surface area contributed by atoms with Gasteiger partial charge in [0.25, 0.3) is 0 Å². The van der Waals surface area contributed by atoms with Gasteiger partial charge in [-0.2, -0.15) is 5.26 Å². The van der Waals surface area contributed by atoms with Crippen LogP contribution in [-0.4, -0.2) is 50.9 Å². The molecule has 0 fully saturated rings. The second-order valence-corrected chi connectivity index (χ2v) is 37.4. The van der Waals surface area contributed by atoms with Crippen molar-refractivity contribution in [2.24, 2.45) is 0 Å². The number of benzene rings is 2. The first-order chi connectivity index (χ1) is 19.6. The zero-order valence-electron chi connectivity index (χ0n) is 29.1. The van der Waals surface area contributed by atoms with Crippen molar-refractivity contribution in [1.82, 2.24) is 0 Å². The van der Waals surface area contributed by atoms with Crippen LogP contribution in [0.3, 0.4) is 0 Å². The first-order valence-corrected chi connectivity index (χ1v) is 33.0. The predicted molar refractivity (Wildman–Crippen MR) is 195 cm³/mol. The molecule has 0 heterocycles. The lowest BCUT2D eigenvalue weighted by Crippen LogP contribution is -2.61. The van der Waals surface area contributed by atoms with Crippen LogP contribution in [0.1, 0.15) is 38.2 Å². The molecule has 0 amide bonds. The van der Waals surface area contributed by atoms with Crippen LogP contribution in [-0.2, 0) is 20.6 Å². The summed E-state index contributed by atoms with van der Waals surface area (Å²) in [5.41, 5.74) is 2.88. The van der Waals surface area contributed by atoms with Gasteiger partial charge in [0.1, 0.15) is 0 Å². The maximum atomic E-state index is 9.08. The zero-order chi connectivity index (χ0) is 32.7. The fourth-order valence-corrected chi connectivity index (χ4v) is 35.6. The highest BCUT2D eigenvalue weighted by atomic mass is 28.5. The van der Waals surface area contributed by atoms with Crippen molar-refractivity contribution in [3.05, 3.63) is 54.1 Å². The number of unbranched alkanes of at least 4 members (excludes halogenated alkanes) is 3. The standard InChI is InChI=1S/C31H57NO5Si6/c1-14-15-16-17-26-38(2,3)33-40(6,7)35-42(10,11)37-43(12,13)36-41(8,9)34-39(4,5)31-24-22-30(23-25-31)29-20-18-28(27-32)19-21-29/h18-25H,14-17,26H2,1-13H3. The van der Waals surface area contributed by atoms with Crippen LogP contribution in [0.15, 0.2) is 48.5 Å². The van der Waals surface area contributed by atoms with Gasteiger partial charge in [-0.25, -0.2) is 0 Å². The third-order valence-electron chi connectivity index (χ3n) is 7.06. The molecule has 240 valence electrons. The summed E-state index contributed by atoms with van der Waals surface area (Å²) in [6.45, 7) is 28.5. The lowest BCUT2D eigenvalue weighted by molar-refractivity contribution is 0.282. The molecule has 0 spiro atoms. The summed E-state index contributed by atoms with van der Waals surface area (Å²) in [4.78, 5) is 0. The van der Waals surface area contributed by atoms with Crippen LogP contribution in [0.5, 0.6) is 0 Å². The van der Waals surface area contributed by atoms with Gasteiger partial charge in [0, 0.05) is 0 Å². The molecule has 0 radical (unpaired) electrons. The highest BCUT2D eigenvalue weighted by Gasteiger charge is 2.47. The molecular weight excluding hydrogens is 635 g/mol. The SMILES string of the molecule is CCCCCC[Si](C)(C)O[Si](C)(C)O[Si](C)(C)O[Si](C)(C)O[Si](C)(C)O[Si](C)(C)c1ccc(-c2ccc(C#N)cc2)cc1. The van der Waals surface area contributed by atoms with Gasteiger partial charge in [-0.05, 0) is 113 Å². The fraction of sp³-hybridized carbons (Fsp3) is 0.581. The Labute approximate surface area is 269 Å². The molecule has 0 aromatic heterocycles. The van der Waals surface area contributed by atoms with Crippen molar-refractivity contribution in [3.63, 3.8) is 0 Å². The fourth-order valence-electron chi connectivity index (χ4n) is 6.03. The minimum atomic E-state index is -2.57. The van der Waals surface area contributed by atoms with Gasteiger partial charge in [-0.3, -0.25) is 0 Å². The van der Waals surface area contributed by atoms with Crippen molar-refractivity contribution < 1.29 is 20.6 Å². The van der Waals surface area contributed by atoms with E-state index in [1.807, 2.05) is 24.3 Å². The van der Waals surface area contributed by atoms with Crippen molar-refractivity contribution in [2.45, 2.75) is 117 Å². The average molecular weight is 692 g/mol. The lowest BCUT2D eigenvalue weighted by atomic mass is 10.0. The van der Waals surface area contributed by atoms with E-state index < -0.39 is 50.9 Å². The molecule has 2 aromatic rings. The molecule has 43 heavy (non-hydrogen) atoms. The average Bonchev–Trinajstić information content (AvgIpc) is 2.83. The van der Waals surface area contributed by atoms with Crippen LogP contribution in [0.25, 0.3) is 11.1 Å². The maximum absolute atomic E-state index is 9.08. The number of hydrogen-bond donors (Lipinski definition) is 0. The first-order valence-electron chi connectivity index (χ1n) is 15.7. The molecule has 0 saturated heterocycles. The van der Waals surface area contributed by atoms with Crippen molar-refractivity contribution >= 4 is 56.1 Å². The molecule has 0 bridgehead atoms. The minimum Gasteiger partial charge on any atom is -0.436 e. The maximum Gasteiger partial charge on any atom is 0.314 e. The molecule has 0 saturated carbocycles. The Morgan fingerprint density at radius 1 is 0.535 bits per heavy atom. The normalized spacial score (nSPS) is 13.7. The van der Waals surface area contributed by atoms with Crippen LogP contribution in [0.4, 0.5) is 0 Å². The van der Waals surface area contributed by atoms with Crippen molar-refractivity contribution in [1.29, 1.82) is 5.26 Å².